The lowest BCUT2D eigenvalue weighted by atomic mass is 10.1. The Hall–Kier alpha value is -3.24. The van der Waals surface area contributed by atoms with Gasteiger partial charge in [0.25, 0.3) is 5.91 Å². The van der Waals surface area contributed by atoms with Crippen LogP contribution in [0.15, 0.2) is 59.8 Å². The summed E-state index contributed by atoms with van der Waals surface area (Å²) in [6.07, 6.45) is 1.94. The highest BCUT2D eigenvalue weighted by Gasteiger charge is 2.27. The molecular formula is C22H21N5OS. The van der Waals surface area contributed by atoms with E-state index in [9.17, 15) is 4.79 Å². The van der Waals surface area contributed by atoms with E-state index in [-0.39, 0.29) is 5.91 Å². The molecule has 1 aromatic heterocycles. The molecule has 29 heavy (non-hydrogen) atoms. The molecule has 7 heteroatoms. The van der Waals surface area contributed by atoms with Crippen LogP contribution in [0.4, 0.5) is 5.69 Å². The number of anilines is 1. The fourth-order valence-electron chi connectivity index (χ4n) is 3.51. The third-order valence-corrected chi connectivity index (χ3v) is 5.62. The maximum atomic E-state index is 13.3. The number of aromatic nitrogens is 2. The highest BCUT2D eigenvalue weighted by Crippen LogP contribution is 2.26. The quantitative estimate of drug-likeness (QED) is 0.673. The molecule has 1 aliphatic rings. The number of rotatable bonds is 4. The van der Waals surface area contributed by atoms with E-state index in [1.54, 1.807) is 6.07 Å². The van der Waals surface area contributed by atoms with E-state index in [1.165, 1.54) is 11.8 Å². The van der Waals surface area contributed by atoms with E-state index in [1.807, 2.05) is 59.7 Å². The summed E-state index contributed by atoms with van der Waals surface area (Å²) >= 11 is 1.49. The van der Waals surface area contributed by atoms with E-state index >= 15 is 0 Å². The summed E-state index contributed by atoms with van der Waals surface area (Å²) in [5.74, 6) is -0.0259. The summed E-state index contributed by atoms with van der Waals surface area (Å²) in [5, 5.41) is 9.85. The van der Waals surface area contributed by atoms with E-state index < -0.39 is 0 Å². The molecule has 3 aromatic rings. The molecule has 1 amide bonds. The molecule has 1 aliphatic heterocycles. The molecule has 1 N–H and O–H groups in total. The van der Waals surface area contributed by atoms with E-state index in [0.717, 1.165) is 29.5 Å². The Balaban J connectivity index is 1.52. The Kier molecular flexibility index (Phi) is 5.54. The van der Waals surface area contributed by atoms with Crippen molar-refractivity contribution in [3.8, 4) is 17.3 Å². The zero-order valence-corrected chi connectivity index (χ0v) is 16.9. The minimum absolute atomic E-state index is 0.0259. The number of imidazole rings is 1. The topological polar surface area (TPSA) is 76.0 Å². The van der Waals surface area contributed by atoms with Crippen molar-refractivity contribution >= 4 is 23.4 Å². The summed E-state index contributed by atoms with van der Waals surface area (Å²) < 4.78 is 0. The van der Waals surface area contributed by atoms with Gasteiger partial charge in [-0.1, -0.05) is 48.2 Å². The molecule has 4 rings (SSSR count). The van der Waals surface area contributed by atoms with Gasteiger partial charge in [-0.25, -0.2) is 4.98 Å². The number of H-pyrrole nitrogens is 1. The Morgan fingerprint density at radius 3 is 2.55 bits per heavy atom. The third-order valence-electron chi connectivity index (χ3n) is 5.04. The number of carbonyl (C=O) groups excluding carboxylic acids is 1. The predicted molar refractivity (Wildman–Crippen MR) is 115 cm³/mol. The SMILES string of the molecule is CSc1nc(-c2ccccc2)c(C(=O)N2CCN(c3cccc(C#N)c3)CC2)[nH]1. The smallest absolute Gasteiger partial charge is 0.272 e. The number of piperazine rings is 1. The van der Waals surface area contributed by atoms with Gasteiger partial charge in [-0.15, -0.1) is 0 Å². The standard InChI is InChI=1S/C22H21N5OS/c1-29-22-24-19(17-7-3-2-4-8-17)20(25-22)21(28)27-12-10-26(11-13-27)18-9-5-6-16(14-18)15-23/h2-9,14H,10-13H2,1H3,(H,24,25). The summed E-state index contributed by atoms with van der Waals surface area (Å²) in [4.78, 5) is 25.1. The van der Waals surface area contributed by atoms with Gasteiger partial charge in [0.2, 0.25) is 0 Å². The van der Waals surface area contributed by atoms with E-state index in [4.69, 9.17) is 5.26 Å². The lowest BCUT2D eigenvalue weighted by Crippen LogP contribution is -2.49. The van der Waals surface area contributed by atoms with Gasteiger partial charge in [0.15, 0.2) is 5.16 Å². The zero-order valence-electron chi connectivity index (χ0n) is 16.1. The van der Waals surface area contributed by atoms with Crippen LogP contribution in [0.25, 0.3) is 11.3 Å². The second-order valence-corrected chi connectivity index (χ2v) is 7.57. The van der Waals surface area contributed by atoms with Gasteiger partial charge in [0, 0.05) is 37.4 Å². The van der Waals surface area contributed by atoms with Gasteiger partial charge in [-0.05, 0) is 24.5 Å². The highest BCUT2D eigenvalue weighted by atomic mass is 32.2. The zero-order chi connectivity index (χ0) is 20.2. The molecule has 0 saturated carbocycles. The number of nitriles is 1. The van der Waals surface area contributed by atoms with Crippen molar-refractivity contribution in [1.29, 1.82) is 5.26 Å². The van der Waals surface area contributed by atoms with Crippen LogP contribution >= 0.6 is 11.8 Å². The Morgan fingerprint density at radius 2 is 1.86 bits per heavy atom. The predicted octanol–water partition coefficient (Wildman–Crippen LogP) is 3.63. The van der Waals surface area contributed by atoms with Crippen molar-refractivity contribution < 1.29 is 4.79 Å². The summed E-state index contributed by atoms with van der Waals surface area (Å²) in [6, 6.07) is 19.6. The van der Waals surface area contributed by atoms with Gasteiger partial charge >= 0.3 is 0 Å². The number of nitrogens with one attached hydrogen (secondary N) is 1. The van der Waals surface area contributed by atoms with E-state index in [0.29, 0.717) is 30.0 Å². The van der Waals surface area contributed by atoms with Gasteiger partial charge in [0.1, 0.15) is 11.4 Å². The van der Waals surface area contributed by atoms with Crippen molar-refractivity contribution in [3.05, 3.63) is 65.9 Å². The molecule has 0 spiro atoms. The highest BCUT2D eigenvalue weighted by molar-refractivity contribution is 7.98. The molecule has 2 aromatic carbocycles. The van der Waals surface area contributed by atoms with Crippen molar-refractivity contribution in [2.75, 3.05) is 37.3 Å². The number of hydrogen-bond acceptors (Lipinski definition) is 5. The van der Waals surface area contributed by atoms with Crippen LogP contribution in [0, 0.1) is 11.3 Å². The molecule has 0 bridgehead atoms. The second-order valence-electron chi connectivity index (χ2n) is 6.78. The number of benzene rings is 2. The third kappa shape index (κ3) is 3.98. The number of amides is 1. The molecule has 6 nitrogen and oxygen atoms in total. The van der Waals surface area contributed by atoms with Gasteiger partial charge in [-0.3, -0.25) is 4.79 Å². The average molecular weight is 404 g/mol. The monoisotopic (exact) mass is 403 g/mol. The van der Waals surface area contributed by atoms with Crippen molar-refractivity contribution in [1.82, 2.24) is 14.9 Å². The van der Waals surface area contributed by atoms with E-state index in [2.05, 4.69) is 20.9 Å². The number of carbonyl (C=O) groups is 1. The molecule has 1 saturated heterocycles. The largest absolute Gasteiger partial charge is 0.368 e. The molecule has 0 aliphatic carbocycles. The Labute approximate surface area is 174 Å². The summed E-state index contributed by atoms with van der Waals surface area (Å²) in [7, 11) is 0. The number of hydrogen-bond donors (Lipinski definition) is 1. The minimum Gasteiger partial charge on any atom is -0.368 e. The first kappa shape index (κ1) is 19.1. The molecule has 1 fully saturated rings. The van der Waals surface area contributed by atoms with Crippen LogP contribution in [0.2, 0.25) is 0 Å². The summed E-state index contributed by atoms with van der Waals surface area (Å²) in [5.41, 5.74) is 3.84. The first-order valence-electron chi connectivity index (χ1n) is 9.43. The second kappa shape index (κ2) is 8.41. The maximum Gasteiger partial charge on any atom is 0.272 e. The van der Waals surface area contributed by atoms with Crippen molar-refractivity contribution in [3.63, 3.8) is 0 Å². The first-order chi connectivity index (χ1) is 14.2. The normalized spacial score (nSPS) is 13.9. The molecule has 146 valence electrons. The lowest BCUT2D eigenvalue weighted by Gasteiger charge is -2.36. The summed E-state index contributed by atoms with van der Waals surface area (Å²) in [6.45, 7) is 2.70. The Bertz CT molecular complexity index is 1050. The fraction of sp³-hybridized carbons (Fsp3) is 0.227. The molecule has 2 heterocycles. The maximum absolute atomic E-state index is 13.3. The van der Waals surface area contributed by atoms with Crippen LogP contribution in [0.3, 0.4) is 0 Å². The molecule has 0 atom stereocenters. The molecular weight excluding hydrogens is 382 g/mol. The van der Waals surface area contributed by atoms with Gasteiger partial charge < -0.3 is 14.8 Å². The number of nitrogens with zero attached hydrogens (tertiary/aromatic N) is 4. The fourth-order valence-corrected chi connectivity index (χ4v) is 3.89. The number of aromatic amines is 1. The molecule has 0 unspecified atom stereocenters. The van der Waals surface area contributed by atoms with Crippen LogP contribution in [-0.2, 0) is 0 Å². The van der Waals surface area contributed by atoms with Crippen LogP contribution in [0.1, 0.15) is 16.1 Å². The number of thioether (sulfide) groups is 1. The van der Waals surface area contributed by atoms with Crippen LogP contribution in [0.5, 0.6) is 0 Å². The van der Waals surface area contributed by atoms with Crippen LogP contribution < -0.4 is 4.90 Å². The van der Waals surface area contributed by atoms with Crippen molar-refractivity contribution in [2.45, 2.75) is 5.16 Å². The van der Waals surface area contributed by atoms with Crippen molar-refractivity contribution in [2.24, 2.45) is 0 Å². The average Bonchev–Trinajstić information content (AvgIpc) is 3.24. The van der Waals surface area contributed by atoms with Gasteiger partial charge in [-0.2, -0.15) is 5.26 Å². The molecule has 0 radical (unpaired) electrons. The lowest BCUT2D eigenvalue weighted by molar-refractivity contribution is 0.0742. The Morgan fingerprint density at radius 1 is 1.10 bits per heavy atom. The van der Waals surface area contributed by atoms with Crippen LogP contribution in [-0.4, -0.2) is 53.2 Å². The van der Waals surface area contributed by atoms with Gasteiger partial charge in [0.05, 0.1) is 11.6 Å². The minimum atomic E-state index is -0.0259. The first-order valence-corrected chi connectivity index (χ1v) is 10.7.